The molecule has 2 aromatic heterocycles. The highest BCUT2D eigenvalue weighted by Gasteiger charge is 1.99. The first-order chi connectivity index (χ1) is 6.74. The lowest BCUT2D eigenvalue weighted by Crippen LogP contribution is -2.29. The predicted molar refractivity (Wildman–Crippen MR) is 44.5 cm³/mol. The number of hydrogen-bond acceptors (Lipinski definition) is 3. The highest BCUT2D eigenvalue weighted by Crippen LogP contribution is 1.82. The lowest BCUT2D eigenvalue weighted by atomic mass is 10.5. The summed E-state index contributed by atoms with van der Waals surface area (Å²) >= 11 is 0. The minimum absolute atomic E-state index is 0.880. The Hall–Kier alpha value is -1.79. The van der Waals surface area contributed by atoms with Gasteiger partial charge >= 0.3 is 0 Å². The Balaban J connectivity index is 0.000000146. The zero-order valence-corrected chi connectivity index (χ0v) is 7.98. The molecule has 0 aliphatic heterocycles. The molecule has 2 rings (SSSR count). The second-order valence-corrected chi connectivity index (χ2v) is 2.52. The van der Waals surface area contributed by atoms with Gasteiger partial charge in [-0.3, -0.25) is 5.21 Å². The van der Waals surface area contributed by atoms with Gasteiger partial charge in [0.1, 0.15) is 12.4 Å². The van der Waals surface area contributed by atoms with Crippen LogP contribution in [-0.4, -0.2) is 20.5 Å². The number of tetrazole rings is 1. The fraction of sp³-hybridized carbons (Fsp3) is 0.429. The van der Waals surface area contributed by atoms with E-state index >= 15 is 0 Å². The van der Waals surface area contributed by atoms with E-state index in [1.54, 1.807) is 0 Å². The summed E-state index contributed by atoms with van der Waals surface area (Å²) in [6.07, 6.45) is 4.15. The Bertz CT molecular complexity index is 354. The third-order valence-electron chi connectivity index (χ3n) is 1.60. The molecule has 14 heavy (non-hydrogen) atoms. The van der Waals surface area contributed by atoms with E-state index in [2.05, 4.69) is 37.1 Å². The SMILES string of the molecule is CCc1[nH]cc[n+]1C.Fc1nnn[n-]1. The zero-order valence-electron chi connectivity index (χ0n) is 7.98. The van der Waals surface area contributed by atoms with Crippen LogP contribution in [0.4, 0.5) is 4.39 Å². The minimum Gasteiger partial charge on any atom is -0.305 e. The van der Waals surface area contributed by atoms with Gasteiger partial charge < -0.3 is 5.10 Å². The molecule has 0 atom stereocenters. The molecule has 0 amide bonds. The standard InChI is InChI=1S/C6H10N2.CFN4/c1-3-6-7-4-5-8(6)2;2-1-3-5-6-4-1/h4-5H,3H2,1-2H3;/q;-1/p+1. The van der Waals surface area contributed by atoms with Crippen molar-refractivity contribution in [3.05, 3.63) is 24.3 Å². The molecule has 6 nitrogen and oxygen atoms in total. The number of aromatic amines is 1. The molecule has 0 aliphatic rings. The number of H-pyrrole nitrogens is 1. The van der Waals surface area contributed by atoms with Crippen molar-refractivity contribution in [1.82, 2.24) is 25.6 Å². The number of imidazole rings is 1. The van der Waals surface area contributed by atoms with Crippen LogP contribution in [0.3, 0.4) is 0 Å². The number of aromatic nitrogens is 6. The molecule has 0 fully saturated rings. The molecule has 0 saturated heterocycles. The van der Waals surface area contributed by atoms with Crippen LogP contribution in [0.5, 0.6) is 0 Å². The van der Waals surface area contributed by atoms with E-state index < -0.39 is 6.08 Å². The van der Waals surface area contributed by atoms with E-state index in [1.807, 2.05) is 19.4 Å². The molecule has 0 unspecified atom stereocenters. The van der Waals surface area contributed by atoms with Gasteiger partial charge in [-0.05, 0) is 0 Å². The minimum atomic E-state index is -0.880. The summed E-state index contributed by atoms with van der Waals surface area (Å²) in [6.45, 7) is 2.13. The number of aryl methyl sites for hydroxylation is 2. The molecule has 0 saturated carbocycles. The first-order valence-electron chi connectivity index (χ1n) is 4.10. The van der Waals surface area contributed by atoms with Crippen molar-refractivity contribution >= 4 is 0 Å². The van der Waals surface area contributed by atoms with Gasteiger partial charge in [-0.2, -0.15) is 9.60 Å². The Labute approximate surface area is 80.2 Å². The van der Waals surface area contributed by atoms with Gasteiger partial charge in [0.15, 0.2) is 6.08 Å². The van der Waals surface area contributed by atoms with Crippen molar-refractivity contribution in [2.75, 3.05) is 0 Å². The van der Waals surface area contributed by atoms with E-state index in [1.165, 1.54) is 5.82 Å². The zero-order chi connectivity index (χ0) is 10.4. The molecule has 76 valence electrons. The van der Waals surface area contributed by atoms with E-state index in [-0.39, 0.29) is 0 Å². The van der Waals surface area contributed by atoms with Crippen LogP contribution in [0.15, 0.2) is 12.4 Å². The molecule has 0 aliphatic carbocycles. The van der Waals surface area contributed by atoms with Crippen molar-refractivity contribution < 1.29 is 8.96 Å². The first kappa shape index (κ1) is 10.3. The van der Waals surface area contributed by atoms with Gasteiger partial charge in [-0.1, -0.05) is 6.92 Å². The van der Waals surface area contributed by atoms with Crippen molar-refractivity contribution in [2.45, 2.75) is 13.3 Å². The Morgan fingerprint density at radius 1 is 1.64 bits per heavy atom. The largest absolute Gasteiger partial charge is 0.305 e. The summed E-state index contributed by atoms with van der Waals surface area (Å²) in [5, 5.41) is 11.2. The van der Waals surface area contributed by atoms with Crippen LogP contribution in [-0.2, 0) is 13.5 Å². The Morgan fingerprint density at radius 3 is 2.64 bits per heavy atom. The number of nitrogens with zero attached hydrogens (tertiary/aromatic N) is 5. The van der Waals surface area contributed by atoms with E-state index in [0.29, 0.717) is 0 Å². The molecular weight excluding hydrogens is 187 g/mol. The van der Waals surface area contributed by atoms with Gasteiger partial charge in [-0.25, -0.2) is 14.6 Å². The molecule has 2 aromatic rings. The summed E-state index contributed by atoms with van der Waals surface area (Å²) < 4.78 is 13.4. The van der Waals surface area contributed by atoms with Crippen molar-refractivity contribution in [2.24, 2.45) is 7.05 Å². The lowest BCUT2D eigenvalue weighted by Gasteiger charge is -1.83. The summed E-state index contributed by atoms with van der Waals surface area (Å²) in [5.74, 6) is 1.27. The van der Waals surface area contributed by atoms with Crippen LogP contribution < -0.4 is 9.67 Å². The lowest BCUT2D eigenvalue weighted by molar-refractivity contribution is -0.677. The Kier molecular flexibility index (Phi) is 3.71. The van der Waals surface area contributed by atoms with Crippen LogP contribution >= 0.6 is 0 Å². The number of halogens is 1. The maximum absolute atomic E-state index is 11.3. The second-order valence-electron chi connectivity index (χ2n) is 2.52. The highest BCUT2D eigenvalue weighted by molar-refractivity contribution is 4.74. The van der Waals surface area contributed by atoms with Gasteiger partial charge in [0.05, 0.1) is 7.05 Å². The van der Waals surface area contributed by atoms with Crippen LogP contribution in [0.2, 0.25) is 0 Å². The fourth-order valence-electron chi connectivity index (χ4n) is 0.922. The molecule has 0 radical (unpaired) electrons. The third-order valence-corrected chi connectivity index (χ3v) is 1.60. The normalized spacial score (nSPS) is 9.36. The molecule has 0 aromatic carbocycles. The molecule has 1 N–H and O–H groups in total. The molecule has 0 bridgehead atoms. The highest BCUT2D eigenvalue weighted by atomic mass is 19.1. The van der Waals surface area contributed by atoms with Crippen molar-refractivity contribution in [3.63, 3.8) is 0 Å². The molecule has 0 spiro atoms. The predicted octanol–water partition coefficient (Wildman–Crippen LogP) is -0.631. The van der Waals surface area contributed by atoms with E-state index in [0.717, 1.165) is 6.42 Å². The quantitative estimate of drug-likeness (QED) is 0.619. The van der Waals surface area contributed by atoms with Crippen LogP contribution in [0.1, 0.15) is 12.7 Å². The molecule has 7 heteroatoms. The molecule has 2 heterocycles. The maximum Gasteiger partial charge on any atom is 0.253 e. The van der Waals surface area contributed by atoms with E-state index in [9.17, 15) is 4.39 Å². The smallest absolute Gasteiger partial charge is 0.253 e. The van der Waals surface area contributed by atoms with Gasteiger partial charge in [0.2, 0.25) is 0 Å². The summed E-state index contributed by atoms with van der Waals surface area (Å²) in [7, 11) is 2.04. The Morgan fingerprint density at radius 2 is 2.43 bits per heavy atom. The van der Waals surface area contributed by atoms with Crippen molar-refractivity contribution in [3.8, 4) is 0 Å². The third kappa shape index (κ3) is 2.92. The summed E-state index contributed by atoms with van der Waals surface area (Å²) in [5.41, 5.74) is 0. The van der Waals surface area contributed by atoms with Gasteiger partial charge in [-0.15, -0.1) is 0 Å². The first-order valence-corrected chi connectivity index (χ1v) is 4.10. The fourth-order valence-corrected chi connectivity index (χ4v) is 0.922. The van der Waals surface area contributed by atoms with Gasteiger partial charge in [0.25, 0.3) is 5.82 Å². The number of nitrogens with one attached hydrogen (secondary N) is 1. The van der Waals surface area contributed by atoms with Crippen LogP contribution in [0, 0.1) is 6.08 Å². The van der Waals surface area contributed by atoms with Gasteiger partial charge in [0, 0.05) is 6.42 Å². The topological polar surface area (TPSA) is 72.4 Å². The average molecular weight is 198 g/mol. The molecular formula is C7H11FN6. The monoisotopic (exact) mass is 198 g/mol. The number of hydrogen-bond donors (Lipinski definition) is 1. The number of rotatable bonds is 1. The summed E-state index contributed by atoms with van der Waals surface area (Å²) in [6, 6.07) is 0. The second kappa shape index (κ2) is 5.05. The average Bonchev–Trinajstić information content (AvgIpc) is 2.77. The summed E-state index contributed by atoms with van der Waals surface area (Å²) in [4.78, 5) is 3.12. The van der Waals surface area contributed by atoms with E-state index in [4.69, 9.17) is 0 Å². The van der Waals surface area contributed by atoms with Crippen molar-refractivity contribution in [1.29, 1.82) is 0 Å². The maximum atomic E-state index is 11.3. The van der Waals surface area contributed by atoms with Crippen LogP contribution in [0.25, 0.3) is 0 Å².